The van der Waals surface area contributed by atoms with E-state index in [1.54, 1.807) is 29.9 Å². The zero-order valence-corrected chi connectivity index (χ0v) is 16.4. The number of nitrogens with one attached hydrogen (secondary N) is 1. The van der Waals surface area contributed by atoms with E-state index in [9.17, 15) is 4.79 Å². The summed E-state index contributed by atoms with van der Waals surface area (Å²) in [6, 6.07) is 9.71. The number of benzene rings is 1. The van der Waals surface area contributed by atoms with Gasteiger partial charge in [-0.15, -0.1) is 11.3 Å². The monoisotopic (exact) mass is 427 g/mol. The number of nitrogens with zero attached hydrogens (tertiary/aromatic N) is 4. The third-order valence-electron chi connectivity index (χ3n) is 3.93. The quantitative estimate of drug-likeness (QED) is 0.522. The smallest absolute Gasteiger partial charge is 0.263 e. The number of hydrogen-bond acceptors (Lipinski definition) is 5. The standard InChI is InChI=1S/C18H14BrN5OS/c1-10-14(16-20-8-3-9-24(16)23-10)17(25)22-18-21-15(11(2)26-18)12-4-6-13(19)7-5-12/h3-9H,1-2H3,(H,21,22,25). The lowest BCUT2D eigenvalue weighted by Gasteiger charge is -2.01. The van der Waals surface area contributed by atoms with Gasteiger partial charge in [0, 0.05) is 27.3 Å². The third-order valence-corrected chi connectivity index (χ3v) is 5.35. The Morgan fingerprint density at radius 3 is 2.77 bits per heavy atom. The fourth-order valence-corrected chi connectivity index (χ4v) is 3.84. The van der Waals surface area contributed by atoms with Crippen LogP contribution in [0.15, 0.2) is 47.2 Å². The van der Waals surface area contributed by atoms with Crippen LogP contribution in [0.1, 0.15) is 20.9 Å². The van der Waals surface area contributed by atoms with Crippen LogP contribution in [0.25, 0.3) is 16.9 Å². The molecule has 1 amide bonds. The fraction of sp³-hybridized carbons (Fsp3) is 0.111. The van der Waals surface area contributed by atoms with E-state index >= 15 is 0 Å². The van der Waals surface area contributed by atoms with Crippen molar-refractivity contribution in [3.05, 3.63) is 63.3 Å². The number of carbonyl (C=O) groups is 1. The molecular formula is C18H14BrN5OS. The second-order valence-corrected chi connectivity index (χ2v) is 7.85. The predicted molar refractivity (Wildman–Crippen MR) is 106 cm³/mol. The Morgan fingerprint density at radius 2 is 2.00 bits per heavy atom. The molecule has 26 heavy (non-hydrogen) atoms. The predicted octanol–water partition coefficient (Wildman–Crippen LogP) is 4.48. The van der Waals surface area contributed by atoms with Crippen molar-refractivity contribution in [3.63, 3.8) is 0 Å². The second kappa shape index (κ2) is 6.62. The van der Waals surface area contributed by atoms with Gasteiger partial charge in [0.25, 0.3) is 5.91 Å². The molecule has 0 saturated heterocycles. The maximum Gasteiger partial charge on any atom is 0.263 e. The lowest BCUT2D eigenvalue weighted by molar-refractivity contribution is 0.102. The number of amides is 1. The highest BCUT2D eigenvalue weighted by molar-refractivity contribution is 9.10. The van der Waals surface area contributed by atoms with E-state index in [-0.39, 0.29) is 5.91 Å². The molecule has 3 aromatic heterocycles. The van der Waals surface area contributed by atoms with Crippen LogP contribution in [0, 0.1) is 13.8 Å². The van der Waals surface area contributed by atoms with Crippen molar-refractivity contribution in [2.24, 2.45) is 0 Å². The van der Waals surface area contributed by atoms with E-state index in [1.165, 1.54) is 11.3 Å². The molecule has 3 heterocycles. The van der Waals surface area contributed by atoms with Crippen LogP contribution in [-0.4, -0.2) is 25.5 Å². The molecule has 0 bridgehead atoms. The molecule has 0 fully saturated rings. The number of hydrogen-bond donors (Lipinski definition) is 1. The van der Waals surface area contributed by atoms with Crippen molar-refractivity contribution in [2.45, 2.75) is 13.8 Å². The average Bonchev–Trinajstić information content (AvgIpc) is 3.14. The van der Waals surface area contributed by atoms with Crippen molar-refractivity contribution in [3.8, 4) is 11.3 Å². The number of fused-ring (bicyclic) bond motifs is 1. The minimum absolute atomic E-state index is 0.257. The van der Waals surface area contributed by atoms with Gasteiger partial charge < -0.3 is 0 Å². The molecule has 0 aliphatic carbocycles. The maximum atomic E-state index is 12.8. The number of thiazole rings is 1. The van der Waals surface area contributed by atoms with Crippen molar-refractivity contribution in [2.75, 3.05) is 5.32 Å². The van der Waals surface area contributed by atoms with Crippen LogP contribution in [0.2, 0.25) is 0 Å². The van der Waals surface area contributed by atoms with E-state index < -0.39 is 0 Å². The maximum absolute atomic E-state index is 12.8. The van der Waals surface area contributed by atoms with Crippen molar-refractivity contribution < 1.29 is 4.79 Å². The van der Waals surface area contributed by atoms with Gasteiger partial charge in [-0.1, -0.05) is 28.1 Å². The molecule has 1 aromatic carbocycles. The van der Waals surface area contributed by atoms with E-state index in [0.29, 0.717) is 22.0 Å². The van der Waals surface area contributed by atoms with Gasteiger partial charge in [0.15, 0.2) is 10.8 Å². The van der Waals surface area contributed by atoms with Gasteiger partial charge in [0.05, 0.1) is 11.4 Å². The van der Waals surface area contributed by atoms with Crippen LogP contribution in [0.5, 0.6) is 0 Å². The summed E-state index contributed by atoms with van der Waals surface area (Å²) in [4.78, 5) is 22.7. The zero-order chi connectivity index (χ0) is 18.3. The summed E-state index contributed by atoms with van der Waals surface area (Å²) in [6.45, 7) is 3.79. The molecule has 0 aliphatic heterocycles. The highest BCUT2D eigenvalue weighted by Gasteiger charge is 2.20. The number of aryl methyl sites for hydroxylation is 2. The number of anilines is 1. The molecule has 0 atom stereocenters. The Balaban J connectivity index is 1.65. The molecule has 6 nitrogen and oxygen atoms in total. The van der Waals surface area contributed by atoms with E-state index in [0.717, 1.165) is 20.6 Å². The van der Waals surface area contributed by atoms with Crippen LogP contribution >= 0.6 is 27.3 Å². The van der Waals surface area contributed by atoms with Gasteiger partial charge in [0.1, 0.15) is 5.56 Å². The molecule has 0 saturated carbocycles. The highest BCUT2D eigenvalue weighted by atomic mass is 79.9. The lowest BCUT2D eigenvalue weighted by atomic mass is 10.1. The third kappa shape index (κ3) is 3.02. The average molecular weight is 428 g/mol. The van der Waals surface area contributed by atoms with Gasteiger partial charge in [-0.2, -0.15) is 5.10 Å². The zero-order valence-electron chi connectivity index (χ0n) is 14.0. The first kappa shape index (κ1) is 16.9. The summed E-state index contributed by atoms with van der Waals surface area (Å²) in [5.41, 5.74) is 3.50. The Kier molecular flexibility index (Phi) is 4.29. The summed E-state index contributed by atoms with van der Waals surface area (Å²) in [5, 5.41) is 7.77. The largest absolute Gasteiger partial charge is 0.298 e. The first-order chi connectivity index (χ1) is 12.5. The van der Waals surface area contributed by atoms with Crippen molar-refractivity contribution in [1.29, 1.82) is 0 Å². The number of aromatic nitrogens is 4. The minimum atomic E-state index is -0.257. The lowest BCUT2D eigenvalue weighted by Crippen LogP contribution is -2.13. The van der Waals surface area contributed by atoms with Gasteiger partial charge in [-0.05, 0) is 32.0 Å². The van der Waals surface area contributed by atoms with Gasteiger partial charge >= 0.3 is 0 Å². The Bertz CT molecular complexity index is 1120. The molecule has 4 aromatic rings. The minimum Gasteiger partial charge on any atom is -0.298 e. The normalized spacial score (nSPS) is 11.0. The van der Waals surface area contributed by atoms with Crippen molar-refractivity contribution in [1.82, 2.24) is 19.6 Å². The number of rotatable bonds is 3. The first-order valence-corrected chi connectivity index (χ1v) is 9.48. The molecule has 0 aliphatic rings. The molecular weight excluding hydrogens is 414 g/mol. The Morgan fingerprint density at radius 1 is 1.23 bits per heavy atom. The molecule has 4 rings (SSSR count). The summed E-state index contributed by atoms with van der Waals surface area (Å²) >= 11 is 4.88. The van der Waals surface area contributed by atoms with Crippen LogP contribution in [0.4, 0.5) is 5.13 Å². The summed E-state index contributed by atoms with van der Waals surface area (Å²) in [7, 11) is 0. The SMILES string of the molecule is Cc1nn2cccnc2c1C(=O)Nc1nc(-c2ccc(Br)cc2)c(C)s1. The van der Waals surface area contributed by atoms with Crippen LogP contribution in [-0.2, 0) is 0 Å². The second-order valence-electron chi connectivity index (χ2n) is 5.73. The van der Waals surface area contributed by atoms with Gasteiger partial charge in [0.2, 0.25) is 0 Å². The van der Waals surface area contributed by atoms with E-state index in [1.807, 2.05) is 31.2 Å². The van der Waals surface area contributed by atoms with E-state index in [2.05, 4.69) is 36.3 Å². The number of carbonyl (C=O) groups excluding carboxylic acids is 1. The van der Waals surface area contributed by atoms with Crippen LogP contribution in [0.3, 0.4) is 0 Å². The van der Waals surface area contributed by atoms with Crippen molar-refractivity contribution >= 4 is 44.0 Å². The van der Waals surface area contributed by atoms with E-state index in [4.69, 9.17) is 0 Å². The molecule has 1 N–H and O–H groups in total. The topological polar surface area (TPSA) is 72.2 Å². The summed E-state index contributed by atoms with van der Waals surface area (Å²) in [5.74, 6) is -0.257. The first-order valence-electron chi connectivity index (χ1n) is 7.87. The van der Waals surface area contributed by atoms with Gasteiger partial charge in [-0.25, -0.2) is 14.5 Å². The molecule has 0 spiro atoms. The Labute approximate surface area is 162 Å². The summed E-state index contributed by atoms with van der Waals surface area (Å²) in [6.07, 6.45) is 3.41. The van der Waals surface area contributed by atoms with Crippen LogP contribution < -0.4 is 5.32 Å². The molecule has 0 radical (unpaired) electrons. The molecule has 8 heteroatoms. The highest BCUT2D eigenvalue weighted by Crippen LogP contribution is 2.31. The Hall–Kier alpha value is -2.58. The molecule has 130 valence electrons. The number of halogens is 1. The molecule has 0 unspecified atom stereocenters. The summed E-state index contributed by atoms with van der Waals surface area (Å²) < 4.78 is 2.61. The van der Waals surface area contributed by atoms with Gasteiger partial charge in [-0.3, -0.25) is 10.1 Å². The fourth-order valence-electron chi connectivity index (χ4n) is 2.75.